The normalized spacial score (nSPS) is 15.8. The molecule has 2 N–H and O–H groups in total. The van der Waals surface area contributed by atoms with Crippen molar-refractivity contribution in [2.45, 2.75) is 31.9 Å². The summed E-state index contributed by atoms with van der Waals surface area (Å²) >= 11 is 12.8. The first-order valence-electron chi connectivity index (χ1n) is 9.03. The van der Waals surface area contributed by atoms with Gasteiger partial charge in [0.2, 0.25) is 0 Å². The molecule has 0 amide bonds. The van der Waals surface area contributed by atoms with E-state index in [4.69, 9.17) is 23.2 Å². The van der Waals surface area contributed by atoms with Crippen LogP contribution in [0.4, 0.5) is 0 Å². The highest BCUT2D eigenvalue weighted by molar-refractivity contribution is 6.36. The van der Waals surface area contributed by atoms with Crippen LogP contribution in [0.3, 0.4) is 0 Å². The zero-order valence-electron chi connectivity index (χ0n) is 14.9. The number of H-pyrrole nitrogens is 1. The van der Waals surface area contributed by atoms with Crippen molar-refractivity contribution in [3.8, 4) is 0 Å². The molecule has 4 rings (SSSR count). The van der Waals surface area contributed by atoms with Crippen molar-refractivity contribution in [2.75, 3.05) is 13.1 Å². The number of fused-ring (bicyclic) bond motifs is 1. The number of benzene rings is 2. The Morgan fingerprint density at radius 2 is 1.67 bits per heavy atom. The molecule has 0 aliphatic carbocycles. The van der Waals surface area contributed by atoms with Crippen LogP contribution in [0.25, 0.3) is 10.9 Å². The molecule has 2 aromatic carbocycles. The minimum absolute atomic E-state index is 0. The van der Waals surface area contributed by atoms with Crippen LogP contribution >= 0.6 is 35.6 Å². The Balaban J connectivity index is 0.00000210. The number of aliphatic hydroxyl groups is 1. The fraction of sp³-hybridized carbons (Fsp3) is 0.333. The van der Waals surface area contributed by atoms with E-state index in [2.05, 4.69) is 22.0 Å². The minimum Gasteiger partial charge on any atom is -0.390 e. The van der Waals surface area contributed by atoms with Crippen molar-refractivity contribution in [3.05, 3.63) is 69.3 Å². The number of nitrogens with zero attached hydrogens (tertiary/aromatic N) is 1. The minimum atomic E-state index is 0. The Kier molecular flexibility index (Phi) is 6.72. The maximum Gasteiger partial charge on any atom is 0.0834 e. The van der Waals surface area contributed by atoms with Crippen LogP contribution in [0.1, 0.15) is 35.6 Å². The number of hydrogen-bond acceptors (Lipinski definition) is 2. The maximum atomic E-state index is 9.72. The van der Waals surface area contributed by atoms with Gasteiger partial charge in [-0.05, 0) is 61.2 Å². The molecule has 0 bridgehead atoms. The molecule has 1 saturated heterocycles. The van der Waals surface area contributed by atoms with Crippen LogP contribution in [0, 0.1) is 0 Å². The molecule has 0 atom stereocenters. The van der Waals surface area contributed by atoms with E-state index < -0.39 is 0 Å². The molecular weight excluding hydrogens is 403 g/mol. The molecule has 1 aliphatic heterocycles. The Morgan fingerprint density at radius 1 is 1.00 bits per heavy atom. The second kappa shape index (κ2) is 8.85. The predicted octanol–water partition coefficient (Wildman–Crippen LogP) is 5.77. The number of aromatic amines is 1. The van der Waals surface area contributed by atoms with Gasteiger partial charge in [-0.1, -0.05) is 47.5 Å². The number of nitrogens with one attached hydrogen (secondary N) is 1. The standard InChI is InChI=1S/C21H22Cl2N2O.ClH/c22-17-5-3-6-18(23)21(17)14-8-10-25(11-9-14)12-16-15-4-1-2-7-19(15)24-20(16)13-26;/h1-7,14,24,26H,8-13H2;1H. The summed E-state index contributed by atoms with van der Waals surface area (Å²) in [6, 6.07) is 14.0. The molecule has 144 valence electrons. The fourth-order valence-corrected chi connectivity index (χ4v) is 4.78. The molecule has 0 saturated carbocycles. The van der Waals surface area contributed by atoms with Gasteiger partial charge in [0.15, 0.2) is 0 Å². The summed E-state index contributed by atoms with van der Waals surface area (Å²) in [5, 5.41) is 12.5. The average Bonchev–Trinajstić information content (AvgIpc) is 3.01. The summed E-state index contributed by atoms with van der Waals surface area (Å²) in [5.41, 5.74) is 4.31. The number of aromatic nitrogens is 1. The first kappa shape index (κ1) is 20.5. The topological polar surface area (TPSA) is 39.3 Å². The summed E-state index contributed by atoms with van der Waals surface area (Å²) in [5.74, 6) is 0.410. The van der Waals surface area contributed by atoms with Gasteiger partial charge in [0, 0.05) is 33.2 Å². The molecule has 0 spiro atoms. The number of piperidine rings is 1. The number of rotatable bonds is 4. The lowest BCUT2D eigenvalue weighted by molar-refractivity contribution is 0.202. The Morgan fingerprint density at radius 3 is 2.33 bits per heavy atom. The third-order valence-corrected chi connectivity index (χ3v) is 6.10. The second-order valence-corrected chi connectivity index (χ2v) is 7.79. The number of aliphatic hydroxyl groups excluding tert-OH is 1. The van der Waals surface area contributed by atoms with Crippen LogP contribution in [0.15, 0.2) is 42.5 Å². The molecule has 1 aromatic heterocycles. The number of halogens is 3. The van der Waals surface area contributed by atoms with Crippen LogP contribution in [-0.4, -0.2) is 28.1 Å². The van der Waals surface area contributed by atoms with Crippen molar-refractivity contribution in [2.24, 2.45) is 0 Å². The van der Waals surface area contributed by atoms with E-state index >= 15 is 0 Å². The van der Waals surface area contributed by atoms with Gasteiger partial charge in [0.1, 0.15) is 0 Å². The van der Waals surface area contributed by atoms with Crippen molar-refractivity contribution < 1.29 is 5.11 Å². The number of likely N-dealkylation sites (tertiary alicyclic amines) is 1. The molecular formula is C21H23Cl3N2O. The fourth-order valence-electron chi connectivity index (χ4n) is 4.08. The zero-order chi connectivity index (χ0) is 18.1. The van der Waals surface area contributed by atoms with Crippen molar-refractivity contribution in [1.82, 2.24) is 9.88 Å². The highest BCUT2D eigenvalue weighted by atomic mass is 35.5. The predicted molar refractivity (Wildman–Crippen MR) is 115 cm³/mol. The van der Waals surface area contributed by atoms with E-state index in [1.807, 2.05) is 30.3 Å². The Labute approximate surface area is 175 Å². The first-order valence-corrected chi connectivity index (χ1v) is 9.78. The molecule has 1 fully saturated rings. The molecule has 3 nitrogen and oxygen atoms in total. The number of para-hydroxylation sites is 1. The molecule has 3 aromatic rings. The van der Waals surface area contributed by atoms with Crippen LogP contribution < -0.4 is 0 Å². The summed E-state index contributed by atoms with van der Waals surface area (Å²) in [6.07, 6.45) is 2.08. The largest absolute Gasteiger partial charge is 0.390 e. The van der Waals surface area contributed by atoms with Gasteiger partial charge in [-0.15, -0.1) is 12.4 Å². The van der Waals surface area contributed by atoms with Gasteiger partial charge >= 0.3 is 0 Å². The lowest BCUT2D eigenvalue weighted by Crippen LogP contribution is -2.32. The van der Waals surface area contributed by atoms with Crippen molar-refractivity contribution in [1.29, 1.82) is 0 Å². The van der Waals surface area contributed by atoms with E-state index in [0.717, 1.165) is 59.3 Å². The molecule has 1 aliphatic rings. The van der Waals surface area contributed by atoms with Crippen molar-refractivity contribution >= 4 is 46.5 Å². The van der Waals surface area contributed by atoms with E-state index in [9.17, 15) is 5.11 Å². The van der Waals surface area contributed by atoms with Gasteiger partial charge < -0.3 is 10.1 Å². The Hall–Kier alpha value is -1.23. The van der Waals surface area contributed by atoms with Crippen LogP contribution in [0.5, 0.6) is 0 Å². The third-order valence-electron chi connectivity index (χ3n) is 5.44. The van der Waals surface area contributed by atoms with Gasteiger partial charge in [0.25, 0.3) is 0 Å². The number of hydrogen-bond donors (Lipinski definition) is 2. The summed E-state index contributed by atoms with van der Waals surface area (Å²) in [6.45, 7) is 2.88. The van der Waals surface area contributed by atoms with Crippen molar-refractivity contribution in [3.63, 3.8) is 0 Å². The SMILES string of the molecule is Cl.OCc1[nH]c2ccccc2c1CN1CCC(c2c(Cl)cccc2Cl)CC1. The second-order valence-electron chi connectivity index (χ2n) is 6.97. The highest BCUT2D eigenvalue weighted by Gasteiger charge is 2.25. The molecule has 0 radical (unpaired) electrons. The quantitative estimate of drug-likeness (QED) is 0.557. The van der Waals surface area contributed by atoms with E-state index in [1.165, 1.54) is 10.9 Å². The van der Waals surface area contributed by atoms with Gasteiger partial charge in [-0.3, -0.25) is 4.90 Å². The summed E-state index contributed by atoms with van der Waals surface area (Å²) in [4.78, 5) is 5.80. The smallest absolute Gasteiger partial charge is 0.0834 e. The first-order chi connectivity index (χ1) is 12.7. The molecule has 6 heteroatoms. The third kappa shape index (κ3) is 4.13. The lowest BCUT2D eigenvalue weighted by Gasteiger charge is -2.33. The van der Waals surface area contributed by atoms with Gasteiger partial charge in [0.05, 0.1) is 6.61 Å². The monoisotopic (exact) mass is 424 g/mol. The van der Waals surface area contributed by atoms with Gasteiger partial charge in [-0.25, -0.2) is 0 Å². The van der Waals surface area contributed by atoms with E-state index in [0.29, 0.717) is 5.92 Å². The van der Waals surface area contributed by atoms with E-state index in [-0.39, 0.29) is 19.0 Å². The van der Waals surface area contributed by atoms with E-state index in [1.54, 1.807) is 0 Å². The summed E-state index contributed by atoms with van der Waals surface area (Å²) in [7, 11) is 0. The molecule has 0 unspecified atom stereocenters. The van der Waals surface area contributed by atoms with Crippen LogP contribution in [-0.2, 0) is 13.2 Å². The highest BCUT2D eigenvalue weighted by Crippen LogP contribution is 2.38. The van der Waals surface area contributed by atoms with Gasteiger partial charge in [-0.2, -0.15) is 0 Å². The maximum absolute atomic E-state index is 9.72. The lowest BCUT2D eigenvalue weighted by atomic mass is 9.89. The molecule has 27 heavy (non-hydrogen) atoms. The van der Waals surface area contributed by atoms with Crippen LogP contribution in [0.2, 0.25) is 10.0 Å². The molecule has 2 heterocycles. The average molecular weight is 426 g/mol. The summed E-state index contributed by atoms with van der Waals surface area (Å²) < 4.78 is 0. The Bertz CT molecular complexity index is 897. The zero-order valence-corrected chi connectivity index (χ0v) is 17.2.